The topological polar surface area (TPSA) is 207 Å². The molecule has 0 atom stereocenters. The van der Waals surface area contributed by atoms with Crippen LogP contribution in [-0.2, 0) is 24.0 Å². The van der Waals surface area contributed by atoms with Crippen LogP contribution < -0.4 is 0 Å². The molecule has 0 unspecified atom stereocenters. The van der Waals surface area contributed by atoms with Gasteiger partial charge in [-0.05, 0) is 0 Å². The van der Waals surface area contributed by atoms with E-state index in [9.17, 15) is 14.4 Å². The monoisotopic (exact) mass is 318 g/mol. The van der Waals surface area contributed by atoms with Crippen LogP contribution in [0.2, 0.25) is 0 Å². The quantitative estimate of drug-likeness (QED) is 0.316. The third-order valence-electron chi connectivity index (χ3n) is 1.47. The lowest BCUT2D eigenvalue weighted by Gasteiger charge is -2.18. The number of aliphatic carboxylic acids is 5. The van der Waals surface area contributed by atoms with Gasteiger partial charge in [0.05, 0.1) is 12.8 Å². The highest BCUT2D eigenvalue weighted by Crippen LogP contribution is 2.15. The van der Waals surface area contributed by atoms with Gasteiger partial charge >= 0.3 is 29.8 Å². The van der Waals surface area contributed by atoms with Gasteiger partial charge in [-0.25, -0.2) is 14.4 Å². The lowest BCUT2D eigenvalue weighted by atomic mass is 9.96. The molecule has 0 aromatic rings. The second-order valence-corrected chi connectivity index (χ2v) is 3.09. The van der Waals surface area contributed by atoms with E-state index < -0.39 is 48.3 Å². The fourth-order valence-electron chi connectivity index (χ4n) is 0.714. The van der Waals surface area contributed by atoms with Crippen molar-refractivity contribution in [3.63, 3.8) is 0 Å². The maximum Gasteiger partial charge on any atom is 0.414 e. The van der Waals surface area contributed by atoms with Crippen LogP contribution in [0.1, 0.15) is 12.8 Å². The first-order valence-electron chi connectivity index (χ1n) is 4.28. The van der Waals surface area contributed by atoms with Gasteiger partial charge in [0, 0.05) is 0 Å². The molecule has 0 aliphatic heterocycles. The zero-order valence-corrected chi connectivity index (χ0v) is 10.4. The van der Waals surface area contributed by atoms with Gasteiger partial charge < -0.3 is 30.6 Å². The van der Waals surface area contributed by atoms with Gasteiger partial charge in [-0.1, -0.05) is 0 Å². The molecular formula is C8H11ClO11. The number of rotatable bonds is 5. The summed E-state index contributed by atoms with van der Waals surface area (Å²) in [5.74, 6) is -8.67. The second kappa shape index (κ2) is 9.52. The number of hydrogen-bond acceptors (Lipinski definition) is 6. The maximum atomic E-state index is 10.3. The van der Waals surface area contributed by atoms with Gasteiger partial charge in [-0.15, -0.1) is 12.4 Å². The van der Waals surface area contributed by atoms with Crippen LogP contribution in [0.25, 0.3) is 0 Å². The fraction of sp³-hybridized carbons (Fsp3) is 0.375. The normalized spacial score (nSPS) is 9.25. The molecule has 6 N–H and O–H groups in total. The maximum absolute atomic E-state index is 10.3. The van der Waals surface area contributed by atoms with Gasteiger partial charge in [0.25, 0.3) is 0 Å². The van der Waals surface area contributed by atoms with Gasteiger partial charge in [0.1, 0.15) is 0 Å². The highest BCUT2D eigenvalue weighted by atomic mass is 35.5. The highest BCUT2D eigenvalue weighted by Gasteiger charge is 2.40. The Hall–Kier alpha value is -2.40. The smallest absolute Gasteiger partial charge is 0.414 e. The largest absolute Gasteiger partial charge is 0.481 e. The predicted molar refractivity (Wildman–Crippen MR) is 59.6 cm³/mol. The van der Waals surface area contributed by atoms with Crippen molar-refractivity contribution in [1.29, 1.82) is 0 Å². The Balaban J connectivity index is -0.000000352. The zero-order chi connectivity index (χ0) is 15.8. The number of aliphatic hydroxyl groups is 1. The standard InChI is InChI=1S/C6H8O7.C2H2O4.ClH/c7-3(8)1-6(13,5(11)12)2-4(9)10;3-1(4)2(5)6;/h13H,1-2H2,(H,7,8)(H,9,10)(H,11,12);(H,3,4)(H,5,6);1H. The molecule has 0 aromatic heterocycles. The van der Waals surface area contributed by atoms with Crippen molar-refractivity contribution in [3.05, 3.63) is 0 Å². The molecule has 0 rings (SSSR count). The average molecular weight is 319 g/mol. The Morgan fingerprint density at radius 2 is 0.950 bits per heavy atom. The molecule has 0 bridgehead atoms. The van der Waals surface area contributed by atoms with Crippen molar-refractivity contribution in [2.75, 3.05) is 0 Å². The van der Waals surface area contributed by atoms with E-state index in [1.807, 2.05) is 0 Å². The first kappa shape index (κ1) is 22.8. The second-order valence-electron chi connectivity index (χ2n) is 3.09. The van der Waals surface area contributed by atoms with E-state index in [1.54, 1.807) is 0 Å². The predicted octanol–water partition coefficient (Wildman–Crippen LogP) is -1.67. The van der Waals surface area contributed by atoms with Crippen molar-refractivity contribution in [3.8, 4) is 0 Å². The fourth-order valence-corrected chi connectivity index (χ4v) is 0.714. The first-order valence-corrected chi connectivity index (χ1v) is 4.28. The van der Waals surface area contributed by atoms with Gasteiger partial charge in [0.2, 0.25) is 0 Å². The summed E-state index contributed by atoms with van der Waals surface area (Å²) >= 11 is 0. The Labute approximate surface area is 116 Å². The molecule has 11 nitrogen and oxygen atoms in total. The molecule has 0 amide bonds. The SMILES string of the molecule is Cl.O=C(O)C(=O)O.O=C(O)CC(O)(CC(=O)O)C(=O)O. The average Bonchev–Trinajstić information content (AvgIpc) is 2.14. The minimum absolute atomic E-state index is 0. The highest BCUT2D eigenvalue weighted by molar-refractivity contribution is 6.27. The van der Waals surface area contributed by atoms with E-state index in [0.29, 0.717) is 0 Å². The summed E-state index contributed by atoms with van der Waals surface area (Å²) in [6.07, 6.45) is -2.29. The minimum Gasteiger partial charge on any atom is -0.481 e. The van der Waals surface area contributed by atoms with E-state index in [0.717, 1.165) is 0 Å². The Bertz CT molecular complexity index is 373. The van der Waals surface area contributed by atoms with Crippen molar-refractivity contribution in [2.45, 2.75) is 18.4 Å². The van der Waals surface area contributed by atoms with Crippen LogP contribution in [-0.4, -0.2) is 66.1 Å². The van der Waals surface area contributed by atoms with Crippen LogP contribution in [0.3, 0.4) is 0 Å². The van der Waals surface area contributed by atoms with Crippen LogP contribution >= 0.6 is 12.4 Å². The van der Waals surface area contributed by atoms with E-state index in [2.05, 4.69) is 0 Å². The summed E-state index contributed by atoms with van der Waals surface area (Å²) in [5, 5.41) is 48.6. The van der Waals surface area contributed by atoms with E-state index in [1.165, 1.54) is 0 Å². The molecular weight excluding hydrogens is 308 g/mol. The molecule has 0 saturated carbocycles. The lowest BCUT2D eigenvalue weighted by Crippen LogP contribution is -2.42. The molecule has 0 spiro atoms. The summed E-state index contributed by atoms with van der Waals surface area (Å²) in [4.78, 5) is 48.7. The van der Waals surface area contributed by atoms with Crippen LogP contribution in [0.15, 0.2) is 0 Å². The zero-order valence-electron chi connectivity index (χ0n) is 9.55. The summed E-state index contributed by atoms with van der Waals surface area (Å²) in [6.45, 7) is 0. The number of hydrogen-bond donors (Lipinski definition) is 6. The molecule has 116 valence electrons. The van der Waals surface area contributed by atoms with Gasteiger partial charge in [0.15, 0.2) is 5.60 Å². The number of carboxylic acids is 5. The first-order chi connectivity index (χ1) is 8.42. The number of carbonyl (C=O) groups is 5. The third-order valence-corrected chi connectivity index (χ3v) is 1.47. The Kier molecular flexibility index (Phi) is 10.8. The van der Waals surface area contributed by atoms with Crippen LogP contribution in [0, 0.1) is 0 Å². The molecule has 0 fully saturated rings. The van der Waals surface area contributed by atoms with Gasteiger partial charge in [-0.2, -0.15) is 0 Å². The molecule has 20 heavy (non-hydrogen) atoms. The molecule has 12 heteroatoms. The summed E-state index contributed by atoms with van der Waals surface area (Å²) in [5.41, 5.74) is -2.74. The Morgan fingerprint density at radius 1 is 0.700 bits per heavy atom. The van der Waals surface area contributed by atoms with Gasteiger partial charge in [-0.3, -0.25) is 9.59 Å². The van der Waals surface area contributed by atoms with Crippen molar-refractivity contribution < 1.29 is 54.6 Å². The van der Waals surface area contributed by atoms with Crippen LogP contribution in [0.5, 0.6) is 0 Å². The number of halogens is 1. The minimum atomic E-state index is -2.74. The third kappa shape index (κ3) is 10.7. The molecule has 0 saturated heterocycles. The molecule has 0 aromatic carbocycles. The molecule has 0 aliphatic carbocycles. The number of carboxylic acid groups (broad SMARTS) is 5. The molecule has 0 heterocycles. The lowest BCUT2D eigenvalue weighted by molar-refractivity contribution is -0.170. The van der Waals surface area contributed by atoms with E-state index in [4.69, 9.17) is 40.2 Å². The molecule has 0 radical (unpaired) electrons. The summed E-state index contributed by atoms with van der Waals surface area (Å²) in [7, 11) is 0. The Morgan fingerprint density at radius 3 is 1.05 bits per heavy atom. The van der Waals surface area contributed by atoms with Crippen molar-refractivity contribution in [2.24, 2.45) is 0 Å². The van der Waals surface area contributed by atoms with E-state index in [-0.39, 0.29) is 12.4 Å². The van der Waals surface area contributed by atoms with E-state index >= 15 is 0 Å². The molecule has 0 aliphatic rings. The van der Waals surface area contributed by atoms with Crippen LogP contribution in [0.4, 0.5) is 0 Å². The summed E-state index contributed by atoms with van der Waals surface area (Å²) < 4.78 is 0. The summed E-state index contributed by atoms with van der Waals surface area (Å²) in [6, 6.07) is 0. The van der Waals surface area contributed by atoms with Crippen molar-refractivity contribution >= 4 is 42.3 Å². The van der Waals surface area contributed by atoms with Crippen molar-refractivity contribution in [1.82, 2.24) is 0 Å².